The van der Waals surface area contributed by atoms with Crippen LogP contribution in [-0.4, -0.2) is 0 Å². The summed E-state index contributed by atoms with van der Waals surface area (Å²) in [4.78, 5) is 1.05. The predicted octanol–water partition coefficient (Wildman–Crippen LogP) is 4.59. The Morgan fingerprint density at radius 2 is 1.62 bits per heavy atom. The van der Waals surface area contributed by atoms with Crippen LogP contribution in [0, 0.1) is 0 Å². The lowest BCUT2D eigenvalue weighted by atomic mass is 10.2. The molecule has 1 aromatic carbocycles. The molecule has 1 heteroatoms. The van der Waals surface area contributed by atoms with Gasteiger partial charge in [-0.3, -0.25) is 0 Å². The van der Waals surface area contributed by atoms with Gasteiger partial charge in [-0.05, 0) is 24.1 Å². The summed E-state index contributed by atoms with van der Waals surface area (Å²) in [6.07, 6.45) is 1.09. The molecule has 0 heterocycles. The standard InChI is InChI=1S/C8H10S.2C2H6/c1-2-7-4-3-5-8(9)6-7;2*1-2/h3-6,9H,2H2,1H3;2*1-2H3. The molecule has 0 fully saturated rings. The van der Waals surface area contributed by atoms with E-state index in [0.717, 1.165) is 11.3 Å². The molecule has 0 saturated carbocycles. The second-order valence-electron chi connectivity index (χ2n) is 2.02. The van der Waals surface area contributed by atoms with E-state index in [1.807, 2.05) is 39.8 Å². The molecule has 0 spiro atoms. The van der Waals surface area contributed by atoms with Crippen LogP contribution in [-0.2, 0) is 6.42 Å². The fourth-order valence-electron chi connectivity index (χ4n) is 0.776. The first-order valence-electron chi connectivity index (χ1n) is 5.11. The van der Waals surface area contributed by atoms with Crippen LogP contribution in [0.25, 0.3) is 0 Å². The van der Waals surface area contributed by atoms with Crippen molar-refractivity contribution in [1.82, 2.24) is 0 Å². The number of rotatable bonds is 1. The van der Waals surface area contributed by atoms with Crippen molar-refractivity contribution in [2.45, 2.75) is 45.9 Å². The number of hydrogen-bond donors (Lipinski definition) is 1. The largest absolute Gasteiger partial charge is 0.143 e. The first-order chi connectivity index (χ1) is 6.33. The zero-order chi connectivity index (χ0) is 10.7. The van der Waals surface area contributed by atoms with Gasteiger partial charge in [-0.25, -0.2) is 0 Å². The number of hydrogen-bond acceptors (Lipinski definition) is 1. The molecule has 0 amide bonds. The molecule has 1 aromatic rings. The van der Waals surface area contributed by atoms with E-state index >= 15 is 0 Å². The van der Waals surface area contributed by atoms with Gasteiger partial charge in [0.25, 0.3) is 0 Å². The summed E-state index contributed by atoms with van der Waals surface area (Å²) < 4.78 is 0. The van der Waals surface area contributed by atoms with E-state index < -0.39 is 0 Å². The maximum absolute atomic E-state index is 4.21. The lowest BCUT2D eigenvalue weighted by Gasteiger charge is -1.94. The molecule has 0 atom stereocenters. The maximum Gasteiger partial charge on any atom is 0.00427 e. The van der Waals surface area contributed by atoms with Crippen LogP contribution in [0.5, 0.6) is 0 Å². The second-order valence-corrected chi connectivity index (χ2v) is 2.54. The lowest BCUT2D eigenvalue weighted by molar-refractivity contribution is 1.12. The highest BCUT2D eigenvalue weighted by molar-refractivity contribution is 7.80. The normalized spacial score (nSPS) is 7.54. The smallest absolute Gasteiger partial charge is 0.00427 e. The number of aryl methyl sites for hydroxylation is 1. The Bertz CT molecular complexity index is 194. The molecule has 13 heavy (non-hydrogen) atoms. The molecule has 0 saturated heterocycles. The molecule has 0 N–H and O–H groups in total. The molecule has 0 nitrogen and oxygen atoms in total. The number of thiol groups is 1. The Hall–Kier alpha value is -0.430. The Labute approximate surface area is 88.8 Å². The van der Waals surface area contributed by atoms with Gasteiger partial charge in [0.2, 0.25) is 0 Å². The monoisotopic (exact) mass is 198 g/mol. The van der Waals surface area contributed by atoms with E-state index in [0.29, 0.717) is 0 Å². The van der Waals surface area contributed by atoms with Crippen LogP contribution >= 0.6 is 12.6 Å². The van der Waals surface area contributed by atoms with Gasteiger partial charge in [0.1, 0.15) is 0 Å². The molecule has 0 unspecified atom stereocenters. The topological polar surface area (TPSA) is 0 Å². The summed E-state index contributed by atoms with van der Waals surface area (Å²) in [7, 11) is 0. The fraction of sp³-hybridized carbons (Fsp3) is 0.500. The minimum atomic E-state index is 1.05. The first kappa shape index (κ1) is 15.1. The maximum atomic E-state index is 4.21. The molecule has 0 radical (unpaired) electrons. The highest BCUT2D eigenvalue weighted by atomic mass is 32.1. The van der Waals surface area contributed by atoms with Crippen LogP contribution in [0.15, 0.2) is 29.2 Å². The Morgan fingerprint density at radius 1 is 1.08 bits per heavy atom. The van der Waals surface area contributed by atoms with Crippen molar-refractivity contribution in [2.75, 3.05) is 0 Å². The van der Waals surface area contributed by atoms with Gasteiger partial charge in [0, 0.05) is 4.90 Å². The molecule has 1 rings (SSSR count). The first-order valence-corrected chi connectivity index (χ1v) is 5.55. The molecule has 0 aliphatic heterocycles. The van der Waals surface area contributed by atoms with Gasteiger partial charge >= 0.3 is 0 Å². The summed E-state index contributed by atoms with van der Waals surface area (Å²) >= 11 is 4.21. The van der Waals surface area contributed by atoms with Crippen LogP contribution in [0.3, 0.4) is 0 Å². The third kappa shape index (κ3) is 7.92. The molecular formula is C12H22S. The summed E-state index contributed by atoms with van der Waals surface area (Å²) in [6.45, 7) is 10.1. The molecule has 0 aromatic heterocycles. The third-order valence-corrected chi connectivity index (χ3v) is 1.60. The highest BCUT2D eigenvalue weighted by Crippen LogP contribution is 2.08. The van der Waals surface area contributed by atoms with Crippen molar-refractivity contribution in [3.63, 3.8) is 0 Å². The van der Waals surface area contributed by atoms with E-state index in [2.05, 4.69) is 31.7 Å². The van der Waals surface area contributed by atoms with Gasteiger partial charge in [0.15, 0.2) is 0 Å². The summed E-state index contributed by atoms with van der Waals surface area (Å²) in [5.74, 6) is 0. The van der Waals surface area contributed by atoms with Crippen molar-refractivity contribution in [3.05, 3.63) is 29.8 Å². The minimum absolute atomic E-state index is 1.05. The Balaban J connectivity index is 0. The molecule has 0 aliphatic carbocycles. The van der Waals surface area contributed by atoms with Crippen molar-refractivity contribution < 1.29 is 0 Å². The van der Waals surface area contributed by atoms with Gasteiger partial charge < -0.3 is 0 Å². The van der Waals surface area contributed by atoms with Crippen LogP contribution in [0.2, 0.25) is 0 Å². The molecule has 0 aliphatic rings. The van der Waals surface area contributed by atoms with Crippen LogP contribution < -0.4 is 0 Å². The predicted molar refractivity (Wildman–Crippen MR) is 65.8 cm³/mol. The molecule has 76 valence electrons. The fourth-order valence-corrected chi connectivity index (χ4v) is 1.03. The van der Waals surface area contributed by atoms with Gasteiger partial charge in [-0.2, -0.15) is 0 Å². The van der Waals surface area contributed by atoms with Crippen molar-refractivity contribution in [3.8, 4) is 0 Å². The lowest BCUT2D eigenvalue weighted by Crippen LogP contribution is -1.76. The van der Waals surface area contributed by atoms with Crippen LogP contribution in [0.4, 0.5) is 0 Å². The summed E-state index contributed by atoms with van der Waals surface area (Å²) in [6, 6.07) is 8.21. The summed E-state index contributed by atoms with van der Waals surface area (Å²) in [5, 5.41) is 0. The highest BCUT2D eigenvalue weighted by Gasteiger charge is 1.86. The molecular weight excluding hydrogens is 176 g/mol. The van der Waals surface area contributed by atoms with E-state index in [4.69, 9.17) is 0 Å². The zero-order valence-corrected chi connectivity index (χ0v) is 10.4. The Morgan fingerprint density at radius 3 is 1.92 bits per heavy atom. The van der Waals surface area contributed by atoms with E-state index in [1.165, 1.54) is 5.56 Å². The second kappa shape index (κ2) is 11.6. The van der Waals surface area contributed by atoms with Crippen molar-refractivity contribution in [1.29, 1.82) is 0 Å². The third-order valence-electron chi connectivity index (χ3n) is 1.32. The van der Waals surface area contributed by atoms with Crippen molar-refractivity contribution >= 4 is 12.6 Å². The van der Waals surface area contributed by atoms with Crippen molar-refractivity contribution in [2.24, 2.45) is 0 Å². The minimum Gasteiger partial charge on any atom is -0.143 e. The number of benzene rings is 1. The van der Waals surface area contributed by atoms with Gasteiger partial charge in [-0.15, -0.1) is 12.6 Å². The van der Waals surface area contributed by atoms with E-state index in [-0.39, 0.29) is 0 Å². The quantitative estimate of drug-likeness (QED) is 0.627. The van der Waals surface area contributed by atoms with Gasteiger partial charge in [0.05, 0.1) is 0 Å². The van der Waals surface area contributed by atoms with E-state index in [1.54, 1.807) is 0 Å². The average molecular weight is 198 g/mol. The molecule has 0 bridgehead atoms. The SMILES string of the molecule is CC.CC.CCc1cccc(S)c1. The van der Waals surface area contributed by atoms with Crippen LogP contribution in [0.1, 0.15) is 40.2 Å². The Kier molecular flexibility index (Phi) is 13.4. The zero-order valence-electron chi connectivity index (χ0n) is 9.46. The summed E-state index contributed by atoms with van der Waals surface area (Å²) in [5.41, 5.74) is 1.35. The van der Waals surface area contributed by atoms with E-state index in [9.17, 15) is 0 Å². The van der Waals surface area contributed by atoms with Gasteiger partial charge in [-0.1, -0.05) is 46.8 Å². The average Bonchev–Trinajstić information content (AvgIpc) is 2.24.